The third-order valence-electron chi connectivity index (χ3n) is 3.96. The zero-order valence-electron chi connectivity index (χ0n) is 11.3. The lowest BCUT2D eigenvalue weighted by Crippen LogP contribution is -2.19. The first-order valence-electron chi connectivity index (χ1n) is 6.66. The fourth-order valence-electron chi connectivity index (χ4n) is 2.99. The number of cyclic esters (lactones) is 1. The van der Waals surface area contributed by atoms with Crippen LogP contribution in [0.5, 0.6) is 5.75 Å². The zero-order valence-corrected chi connectivity index (χ0v) is 11.3. The van der Waals surface area contributed by atoms with E-state index in [1.165, 1.54) is 0 Å². The molecule has 0 spiro atoms. The fraction of sp³-hybridized carbons (Fsp3) is 0.200. The number of nitrogens with zero attached hydrogens (tertiary/aromatic N) is 1. The van der Waals surface area contributed by atoms with Crippen molar-refractivity contribution in [2.24, 2.45) is 0 Å². The fourth-order valence-corrected chi connectivity index (χ4v) is 2.99. The summed E-state index contributed by atoms with van der Waals surface area (Å²) in [4.78, 5) is 12.1. The molecule has 6 nitrogen and oxygen atoms in total. The normalized spacial score (nSPS) is 19.9. The molecule has 4 rings (SSSR count). The molecule has 2 aromatic rings. The van der Waals surface area contributed by atoms with Crippen molar-refractivity contribution in [3.63, 3.8) is 0 Å². The SMILES string of the molecule is Cc1[nH]nc2c1[C@@H](c1ccc(O)cc1)C1=C(COC1=O)N2. The van der Waals surface area contributed by atoms with Crippen molar-refractivity contribution in [1.29, 1.82) is 0 Å². The van der Waals surface area contributed by atoms with Crippen molar-refractivity contribution in [3.05, 3.63) is 52.4 Å². The number of carbonyl (C=O) groups is 1. The van der Waals surface area contributed by atoms with E-state index in [4.69, 9.17) is 4.74 Å². The van der Waals surface area contributed by atoms with Gasteiger partial charge < -0.3 is 15.2 Å². The van der Waals surface area contributed by atoms with Gasteiger partial charge in [-0.3, -0.25) is 5.10 Å². The number of benzene rings is 1. The first-order chi connectivity index (χ1) is 10.1. The summed E-state index contributed by atoms with van der Waals surface area (Å²) in [5, 5.41) is 19.8. The van der Waals surface area contributed by atoms with Crippen LogP contribution in [0, 0.1) is 6.92 Å². The quantitative estimate of drug-likeness (QED) is 0.695. The standard InChI is InChI=1S/C15H13N3O3/c1-7-11-12(8-2-4-9(19)5-3-8)13-10(6-21-15(13)20)16-14(11)18-17-7/h2-5,12,19H,6H2,1H3,(H2,16,17,18)/t12-/m1/s1. The molecule has 21 heavy (non-hydrogen) atoms. The molecule has 2 aliphatic rings. The lowest BCUT2D eigenvalue weighted by molar-refractivity contribution is -0.136. The second-order valence-electron chi connectivity index (χ2n) is 5.23. The molecule has 0 amide bonds. The molecule has 2 aliphatic heterocycles. The number of fused-ring (bicyclic) bond motifs is 1. The molecule has 3 N–H and O–H groups in total. The number of aromatic amines is 1. The van der Waals surface area contributed by atoms with E-state index in [2.05, 4.69) is 15.5 Å². The van der Waals surface area contributed by atoms with Crippen LogP contribution in [0.2, 0.25) is 0 Å². The Morgan fingerprint density at radius 3 is 2.86 bits per heavy atom. The number of carbonyl (C=O) groups excluding carboxylic acids is 1. The Labute approximate surface area is 120 Å². The van der Waals surface area contributed by atoms with Crippen molar-refractivity contribution < 1.29 is 14.6 Å². The number of aromatic nitrogens is 2. The first kappa shape index (κ1) is 12.0. The zero-order chi connectivity index (χ0) is 14.6. The highest BCUT2D eigenvalue weighted by Gasteiger charge is 2.40. The number of hydrogen-bond acceptors (Lipinski definition) is 5. The Morgan fingerprint density at radius 1 is 1.33 bits per heavy atom. The largest absolute Gasteiger partial charge is 0.508 e. The highest BCUT2D eigenvalue weighted by atomic mass is 16.5. The van der Waals surface area contributed by atoms with Crippen LogP contribution in [-0.4, -0.2) is 27.9 Å². The van der Waals surface area contributed by atoms with Gasteiger partial charge >= 0.3 is 5.97 Å². The first-order valence-corrected chi connectivity index (χ1v) is 6.66. The Hall–Kier alpha value is -2.76. The monoisotopic (exact) mass is 283 g/mol. The van der Waals surface area contributed by atoms with Crippen LogP contribution < -0.4 is 5.32 Å². The van der Waals surface area contributed by atoms with Gasteiger partial charge in [0.25, 0.3) is 0 Å². The van der Waals surface area contributed by atoms with Gasteiger partial charge in [-0.25, -0.2) is 4.79 Å². The smallest absolute Gasteiger partial charge is 0.337 e. The molecule has 0 fully saturated rings. The Morgan fingerprint density at radius 2 is 2.10 bits per heavy atom. The van der Waals surface area contributed by atoms with Crippen molar-refractivity contribution in [2.45, 2.75) is 12.8 Å². The summed E-state index contributed by atoms with van der Waals surface area (Å²) in [5.74, 6) is 0.384. The highest BCUT2D eigenvalue weighted by molar-refractivity contribution is 5.97. The molecule has 1 atom stereocenters. The third kappa shape index (κ3) is 1.65. The van der Waals surface area contributed by atoms with E-state index in [-0.39, 0.29) is 24.2 Å². The maximum atomic E-state index is 12.1. The van der Waals surface area contributed by atoms with E-state index in [0.717, 1.165) is 28.3 Å². The van der Waals surface area contributed by atoms with Gasteiger partial charge in [-0.2, -0.15) is 5.10 Å². The van der Waals surface area contributed by atoms with Crippen LogP contribution in [0.15, 0.2) is 35.5 Å². The third-order valence-corrected chi connectivity index (χ3v) is 3.96. The van der Waals surface area contributed by atoms with E-state index in [1.54, 1.807) is 12.1 Å². The lowest BCUT2D eigenvalue weighted by Gasteiger charge is -2.24. The van der Waals surface area contributed by atoms with Gasteiger partial charge in [-0.15, -0.1) is 0 Å². The summed E-state index contributed by atoms with van der Waals surface area (Å²) in [7, 11) is 0. The molecule has 0 unspecified atom stereocenters. The summed E-state index contributed by atoms with van der Waals surface area (Å²) < 4.78 is 5.15. The van der Waals surface area contributed by atoms with Gasteiger partial charge in [0.1, 0.15) is 12.4 Å². The van der Waals surface area contributed by atoms with Gasteiger partial charge in [0.2, 0.25) is 0 Å². The van der Waals surface area contributed by atoms with Crippen LogP contribution in [0.4, 0.5) is 5.82 Å². The Bertz CT molecular complexity index is 774. The molecule has 3 heterocycles. The highest BCUT2D eigenvalue weighted by Crippen LogP contribution is 2.44. The molecule has 0 radical (unpaired) electrons. The van der Waals surface area contributed by atoms with Crippen LogP contribution in [0.25, 0.3) is 0 Å². The number of nitrogens with one attached hydrogen (secondary N) is 2. The van der Waals surface area contributed by atoms with Crippen LogP contribution >= 0.6 is 0 Å². The molecule has 6 heteroatoms. The van der Waals surface area contributed by atoms with E-state index in [1.807, 2.05) is 19.1 Å². The molecule has 1 aromatic carbocycles. The van der Waals surface area contributed by atoms with Gasteiger partial charge in [0.05, 0.1) is 11.3 Å². The summed E-state index contributed by atoms with van der Waals surface area (Å²) in [6.07, 6.45) is 0. The predicted molar refractivity (Wildman–Crippen MR) is 74.9 cm³/mol. The topological polar surface area (TPSA) is 87.2 Å². The number of rotatable bonds is 1. The molecular weight excluding hydrogens is 270 g/mol. The van der Waals surface area contributed by atoms with E-state index in [9.17, 15) is 9.90 Å². The molecule has 1 aromatic heterocycles. The minimum atomic E-state index is -0.304. The van der Waals surface area contributed by atoms with Gasteiger partial charge in [0.15, 0.2) is 5.82 Å². The summed E-state index contributed by atoms with van der Waals surface area (Å²) >= 11 is 0. The number of H-pyrrole nitrogens is 1. The maximum Gasteiger partial charge on any atom is 0.337 e. The van der Waals surface area contributed by atoms with Crippen LogP contribution in [0.1, 0.15) is 22.7 Å². The summed E-state index contributed by atoms with van der Waals surface area (Å²) in [6, 6.07) is 6.87. The number of phenols is 1. The molecule has 106 valence electrons. The number of ether oxygens (including phenoxy) is 1. The minimum absolute atomic E-state index is 0.194. The molecular formula is C15H13N3O3. The van der Waals surface area contributed by atoms with E-state index >= 15 is 0 Å². The molecule has 0 bridgehead atoms. The van der Waals surface area contributed by atoms with E-state index < -0.39 is 0 Å². The van der Waals surface area contributed by atoms with Gasteiger partial charge in [-0.05, 0) is 24.6 Å². The summed E-state index contributed by atoms with van der Waals surface area (Å²) in [6.45, 7) is 2.17. The van der Waals surface area contributed by atoms with Crippen LogP contribution in [0.3, 0.4) is 0 Å². The molecule has 0 saturated heterocycles. The number of esters is 1. The van der Waals surface area contributed by atoms with Crippen molar-refractivity contribution in [3.8, 4) is 5.75 Å². The predicted octanol–water partition coefficient (Wildman–Crippen LogP) is 1.79. The second-order valence-corrected chi connectivity index (χ2v) is 5.23. The minimum Gasteiger partial charge on any atom is -0.508 e. The number of phenolic OH excluding ortho intramolecular Hbond substituents is 1. The van der Waals surface area contributed by atoms with E-state index in [0.29, 0.717) is 5.57 Å². The molecule has 0 saturated carbocycles. The van der Waals surface area contributed by atoms with Crippen molar-refractivity contribution in [1.82, 2.24) is 10.2 Å². The number of anilines is 1. The average molecular weight is 283 g/mol. The van der Waals surface area contributed by atoms with Gasteiger partial charge in [-0.1, -0.05) is 12.1 Å². The number of hydrogen-bond donors (Lipinski definition) is 3. The second kappa shape index (κ2) is 4.12. The maximum absolute atomic E-state index is 12.1. The Balaban J connectivity index is 1.94. The molecule has 0 aliphatic carbocycles. The summed E-state index contributed by atoms with van der Waals surface area (Å²) in [5.41, 5.74) is 4.15. The van der Waals surface area contributed by atoms with Crippen molar-refractivity contribution >= 4 is 11.8 Å². The Kier molecular flexibility index (Phi) is 2.35. The van der Waals surface area contributed by atoms with Crippen LogP contribution in [-0.2, 0) is 9.53 Å². The number of aryl methyl sites for hydroxylation is 1. The average Bonchev–Trinajstić information content (AvgIpc) is 3.03. The van der Waals surface area contributed by atoms with Gasteiger partial charge in [0, 0.05) is 17.2 Å². The van der Waals surface area contributed by atoms with Crippen molar-refractivity contribution in [2.75, 3.05) is 11.9 Å². The number of aromatic hydroxyl groups is 1. The lowest BCUT2D eigenvalue weighted by atomic mass is 9.82.